The number of hydrogen-bond donors (Lipinski definition) is 1. The number of nitrogens with one attached hydrogen (secondary N) is 1. The van der Waals surface area contributed by atoms with Crippen molar-refractivity contribution in [2.75, 3.05) is 42.9 Å². The van der Waals surface area contributed by atoms with Crippen molar-refractivity contribution in [3.63, 3.8) is 0 Å². The standard InChI is InChI=1S/C17H24N6O3S/c1-12-11-26-9-8-23(12)15-10-13(17(5-6-17)27(3,24)25)19-16(20-15)22(2)14-4-7-18-21-14/h4,7,10,12H,5-6,8-9,11H2,1-3H3,(H,18,21)/t12-/m1/s1. The lowest BCUT2D eigenvalue weighted by molar-refractivity contribution is 0.0985. The molecule has 1 saturated heterocycles. The number of anilines is 3. The molecule has 146 valence electrons. The molecule has 10 heteroatoms. The van der Waals surface area contributed by atoms with E-state index in [1.165, 1.54) is 6.26 Å². The van der Waals surface area contributed by atoms with Crippen molar-refractivity contribution in [2.24, 2.45) is 0 Å². The van der Waals surface area contributed by atoms with Gasteiger partial charge in [0.25, 0.3) is 0 Å². The second-order valence-electron chi connectivity index (χ2n) is 7.30. The molecule has 0 radical (unpaired) electrons. The van der Waals surface area contributed by atoms with Crippen molar-refractivity contribution >= 4 is 27.4 Å². The highest BCUT2D eigenvalue weighted by Crippen LogP contribution is 2.52. The minimum atomic E-state index is -3.27. The van der Waals surface area contributed by atoms with E-state index in [0.717, 1.165) is 11.6 Å². The molecule has 0 amide bonds. The predicted octanol–water partition coefficient (Wildman–Crippen LogP) is 1.23. The van der Waals surface area contributed by atoms with E-state index in [0.29, 0.717) is 44.2 Å². The van der Waals surface area contributed by atoms with E-state index in [1.54, 1.807) is 11.1 Å². The zero-order chi connectivity index (χ0) is 19.2. The van der Waals surface area contributed by atoms with Crippen LogP contribution in [0.1, 0.15) is 25.5 Å². The van der Waals surface area contributed by atoms with Crippen LogP contribution in [0.15, 0.2) is 18.3 Å². The van der Waals surface area contributed by atoms with Crippen LogP contribution >= 0.6 is 0 Å². The Bertz CT molecular complexity index is 926. The largest absolute Gasteiger partial charge is 0.377 e. The van der Waals surface area contributed by atoms with Gasteiger partial charge in [0.05, 0.1) is 31.1 Å². The minimum absolute atomic E-state index is 0.153. The quantitative estimate of drug-likeness (QED) is 0.810. The van der Waals surface area contributed by atoms with Gasteiger partial charge in [0.1, 0.15) is 16.4 Å². The third-order valence-electron chi connectivity index (χ3n) is 5.39. The normalized spacial score (nSPS) is 21.9. The van der Waals surface area contributed by atoms with Crippen LogP contribution in [-0.2, 0) is 19.3 Å². The molecule has 1 aliphatic heterocycles. The lowest BCUT2D eigenvalue weighted by atomic mass is 10.2. The number of H-pyrrole nitrogens is 1. The zero-order valence-electron chi connectivity index (χ0n) is 15.7. The fourth-order valence-electron chi connectivity index (χ4n) is 3.49. The molecule has 2 aliphatic rings. The molecule has 2 fully saturated rings. The number of aromatic amines is 1. The average molecular weight is 392 g/mol. The molecule has 9 nitrogen and oxygen atoms in total. The Labute approximate surface area is 158 Å². The van der Waals surface area contributed by atoms with Crippen molar-refractivity contribution in [2.45, 2.75) is 30.6 Å². The number of morpholine rings is 1. The van der Waals surface area contributed by atoms with E-state index in [2.05, 4.69) is 27.0 Å². The molecule has 0 unspecified atom stereocenters. The summed E-state index contributed by atoms with van der Waals surface area (Å²) in [6, 6.07) is 3.80. The summed E-state index contributed by atoms with van der Waals surface area (Å²) in [6.07, 6.45) is 4.12. The number of rotatable bonds is 5. The first-order valence-corrected chi connectivity index (χ1v) is 10.9. The Kier molecular flexibility index (Phi) is 4.34. The van der Waals surface area contributed by atoms with Crippen LogP contribution in [0.5, 0.6) is 0 Å². The van der Waals surface area contributed by atoms with Gasteiger partial charge in [0, 0.05) is 32.0 Å². The molecule has 1 N–H and O–H groups in total. The Balaban J connectivity index is 1.82. The summed E-state index contributed by atoms with van der Waals surface area (Å²) < 4.78 is 29.5. The van der Waals surface area contributed by atoms with Crippen LogP contribution in [0, 0.1) is 0 Å². The first-order valence-electron chi connectivity index (χ1n) is 8.98. The summed E-state index contributed by atoms with van der Waals surface area (Å²) in [6.45, 7) is 4.01. The maximum absolute atomic E-state index is 12.5. The van der Waals surface area contributed by atoms with E-state index in [4.69, 9.17) is 9.72 Å². The van der Waals surface area contributed by atoms with E-state index >= 15 is 0 Å². The fraction of sp³-hybridized carbons (Fsp3) is 0.588. The lowest BCUT2D eigenvalue weighted by Crippen LogP contribution is -2.44. The van der Waals surface area contributed by atoms with Gasteiger partial charge in [-0.15, -0.1) is 0 Å². The molecule has 1 atom stereocenters. The van der Waals surface area contributed by atoms with E-state index in [9.17, 15) is 8.42 Å². The van der Waals surface area contributed by atoms with Crippen LogP contribution in [-0.4, -0.2) is 67.7 Å². The van der Waals surface area contributed by atoms with Crippen molar-refractivity contribution in [1.82, 2.24) is 20.2 Å². The van der Waals surface area contributed by atoms with Gasteiger partial charge in [0.15, 0.2) is 9.84 Å². The molecule has 0 aromatic carbocycles. The molecule has 0 spiro atoms. The van der Waals surface area contributed by atoms with E-state index < -0.39 is 14.6 Å². The van der Waals surface area contributed by atoms with Gasteiger partial charge in [-0.1, -0.05) is 0 Å². The molecule has 0 bridgehead atoms. The molecule has 27 heavy (non-hydrogen) atoms. The van der Waals surface area contributed by atoms with Crippen molar-refractivity contribution in [1.29, 1.82) is 0 Å². The topological polar surface area (TPSA) is 104 Å². The van der Waals surface area contributed by atoms with Gasteiger partial charge in [-0.25, -0.2) is 13.4 Å². The predicted molar refractivity (Wildman–Crippen MR) is 102 cm³/mol. The average Bonchev–Trinajstić information content (AvgIpc) is 3.30. The Hall–Kier alpha value is -2.20. The second-order valence-corrected chi connectivity index (χ2v) is 9.62. The van der Waals surface area contributed by atoms with Gasteiger partial charge in [0.2, 0.25) is 5.95 Å². The molecule has 1 saturated carbocycles. The van der Waals surface area contributed by atoms with E-state index in [-0.39, 0.29) is 6.04 Å². The number of hydrogen-bond acceptors (Lipinski definition) is 8. The first kappa shape index (κ1) is 18.2. The molecular weight excluding hydrogens is 368 g/mol. The second kappa shape index (κ2) is 6.45. The SMILES string of the molecule is C[C@@H]1COCCN1c1cc(C2(S(C)(=O)=O)CC2)nc(N(C)c2ccn[nH]2)n1. The molecular formula is C17H24N6O3S. The molecule has 4 rings (SSSR count). The van der Waals surface area contributed by atoms with Crippen molar-refractivity contribution < 1.29 is 13.2 Å². The highest BCUT2D eigenvalue weighted by atomic mass is 32.2. The highest BCUT2D eigenvalue weighted by molar-refractivity contribution is 7.91. The van der Waals surface area contributed by atoms with Crippen LogP contribution < -0.4 is 9.80 Å². The summed E-state index contributed by atoms with van der Waals surface area (Å²) in [5.74, 6) is 1.91. The first-order chi connectivity index (χ1) is 12.8. The summed E-state index contributed by atoms with van der Waals surface area (Å²) in [5, 5.41) is 6.86. The van der Waals surface area contributed by atoms with Crippen LogP contribution in [0.3, 0.4) is 0 Å². The van der Waals surface area contributed by atoms with Crippen molar-refractivity contribution in [3.8, 4) is 0 Å². The number of aromatic nitrogens is 4. The summed E-state index contributed by atoms with van der Waals surface area (Å²) in [7, 11) is -1.44. The number of nitrogens with zero attached hydrogens (tertiary/aromatic N) is 5. The monoisotopic (exact) mass is 392 g/mol. The number of sulfone groups is 1. The summed E-state index contributed by atoms with van der Waals surface area (Å²) >= 11 is 0. The van der Waals surface area contributed by atoms with Crippen LogP contribution in [0.2, 0.25) is 0 Å². The van der Waals surface area contributed by atoms with Crippen LogP contribution in [0.4, 0.5) is 17.6 Å². The summed E-state index contributed by atoms with van der Waals surface area (Å²) in [4.78, 5) is 13.3. The Morgan fingerprint density at radius 3 is 2.74 bits per heavy atom. The smallest absolute Gasteiger partial charge is 0.233 e. The molecule has 1 aliphatic carbocycles. The zero-order valence-corrected chi connectivity index (χ0v) is 16.5. The van der Waals surface area contributed by atoms with Gasteiger partial charge in [-0.2, -0.15) is 10.1 Å². The van der Waals surface area contributed by atoms with Gasteiger partial charge < -0.3 is 9.64 Å². The number of ether oxygens (including phenoxy) is 1. The Morgan fingerprint density at radius 2 is 2.15 bits per heavy atom. The van der Waals surface area contributed by atoms with Crippen molar-refractivity contribution in [3.05, 3.63) is 24.0 Å². The third kappa shape index (κ3) is 3.16. The lowest BCUT2D eigenvalue weighted by Gasteiger charge is -2.35. The molecule has 2 aromatic heterocycles. The molecule has 3 heterocycles. The Morgan fingerprint density at radius 1 is 1.37 bits per heavy atom. The van der Waals surface area contributed by atoms with Crippen LogP contribution in [0.25, 0.3) is 0 Å². The third-order valence-corrected chi connectivity index (χ3v) is 7.43. The van der Waals surface area contributed by atoms with Gasteiger partial charge >= 0.3 is 0 Å². The summed E-state index contributed by atoms with van der Waals surface area (Å²) in [5.41, 5.74) is 0.565. The molecule has 2 aromatic rings. The maximum atomic E-state index is 12.5. The highest BCUT2D eigenvalue weighted by Gasteiger charge is 2.55. The van der Waals surface area contributed by atoms with E-state index in [1.807, 2.05) is 19.2 Å². The van der Waals surface area contributed by atoms with Gasteiger partial charge in [-0.05, 0) is 19.8 Å². The minimum Gasteiger partial charge on any atom is -0.377 e. The van der Waals surface area contributed by atoms with Gasteiger partial charge in [-0.3, -0.25) is 10.00 Å². The maximum Gasteiger partial charge on any atom is 0.233 e. The fourth-order valence-corrected chi connectivity index (χ4v) is 4.82.